The maximum atomic E-state index is 13.8. The van der Waals surface area contributed by atoms with E-state index in [0.717, 1.165) is 61.8 Å². The molecule has 1 aromatic carbocycles. The Hall–Kier alpha value is -4.81. The summed E-state index contributed by atoms with van der Waals surface area (Å²) in [4.78, 5) is 49.7. The Morgan fingerprint density at radius 2 is 1.91 bits per heavy atom. The zero-order valence-corrected chi connectivity index (χ0v) is 27.4. The molecule has 2 amide bonds. The fraction of sp³-hybridized carbons (Fsp3) is 0.343. The van der Waals surface area contributed by atoms with Crippen molar-refractivity contribution in [2.24, 2.45) is 5.41 Å². The number of H-pyrrole nitrogens is 1. The number of hydrogen-bond donors (Lipinski definition) is 2. The number of hydrogen-bond acceptors (Lipinski definition) is 9. The van der Waals surface area contributed by atoms with Crippen molar-refractivity contribution >= 4 is 45.3 Å². The molecule has 0 radical (unpaired) electrons. The van der Waals surface area contributed by atoms with Crippen LogP contribution in [0.5, 0.6) is 0 Å². The highest BCUT2D eigenvalue weighted by Gasteiger charge is 2.43. The molecule has 11 nitrogen and oxygen atoms in total. The highest BCUT2D eigenvalue weighted by molar-refractivity contribution is 7.16. The van der Waals surface area contributed by atoms with Gasteiger partial charge in [0.1, 0.15) is 10.7 Å². The Morgan fingerprint density at radius 1 is 1.04 bits per heavy atom. The number of amides is 2. The van der Waals surface area contributed by atoms with Gasteiger partial charge in [-0.3, -0.25) is 24.6 Å². The monoisotopic (exact) mass is 647 g/mol. The van der Waals surface area contributed by atoms with Gasteiger partial charge in [-0.1, -0.05) is 19.9 Å². The first kappa shape index (κ1) is 30.8. The number of rotatable bonds is 9. The number of fused-ring (bicyclic) bond motifs is 1. The molecular formula is C35H37N9O2S. The number of nitrogens with zero attached hydrogens (tertiary/aromatic N) is 7. The average molecular weight is 648 g/mol. The zero-order valence-electron chi connectivity index (χ0n) is 26.6. The van der Waals surface area contributed by atoms with Gasteiger partial charge in [-0.25, -0.2) is 15.0 Å². The molecule has 7 rings (SSSR count). The Labute approximate surface area is 277 Å². The van der Waals surface area contributed by atoms with Gasteiger partial charge in [0.05, 0.1) is 22.4 Å². The smallest absolute Gasteiger partial charge is 0.237 e. The van der Waals surface area contributed by atoms with Gasteiger partial charge in [0, 0.05) is 66.8 Å². The van der Waals surface area contributed by atoms with Gasteiger partial charge in [0.2, 0.25) is 11.8 Å². The molecule has 2 aliphatic rings. The summed E-state index contributed by atoms with van der Waals surface area (Å²) >= 11 is 1.57. The average Bonchev–Trinajstić information content (AvgIpc) is 3.88. The number of aromatic nitrogens is 6. The van der Waals surface area contributed by atoms with Crippen LogP contribution in [0.25, 0.3) is 38.4 Å². The van der Waals surface area contributed by atoms with Crippen LogP contribution in [0.2, 0.25) is 0 Å². The lowest BCUT2D eigenvalue weighted by Crippen LogP contribution is -2.43. The van der Waals surface area contributed by atoms with Crippen molar-refractivity contribution in [2.75, 3.05) is 38.0 Å². The predicted octanol–water partition coefficient (Wildman–Crippen LogP) is 5.46. The van der Waals surface area contributed by atoms with E-state index in [2.05, 4.69) is 66.3 Å². The third kappa shape index (κ3) is 6.30. The van der Waals surface area contributed by atoms with Gasteiger partial charge in [-0.05, 0) is 74.2 Å². The van der Waals surface area contributed by atoms with E-state index in [4.69, 9.17) is 0 Å². The summed E-state index contributed by atoms with van der Waals surface area (Å²) in [5, 5.41) is 12.8. The lowest BCUT2D eigenvalue weighted by molar-refractivity contribution is -0.132. The van der Waals surface area contributed by atoms with E-state index >= 15 is 0 Å². The largest absolute Gasteiger partial charge is 0.338 e. The van der Waals surface area contributed by atoms with E-state index in [1.807, 2.05) is 35.4 Å². The molecule has 0 aliphatic carbocycles. The van der Waals surface area contributed by atoms with E-state index < -0.39 is 5.41 Å². The molecule has 2 N–H and O–H groups in total. The molecule has 0 saturated carbocycles. The van der Waals surface area contributed by atoms with Gasteiger partial charge >= 0.3 is 0 Å². The molecule has 0 bridgehead atoms. The summed E-state index contributed by atoms with van der Waals surface area (Å²) < 4.78 is 0. The summed E-state index contributed by atoms with van der Waals surface area (Å²) in [5.74, 6) is 0.753. The fourth-order valence-electron chi connectivity index (χ4n) is 6.46. The maximum absolute atomic E-state index is 13.8. The Kier molecular flexibility index (Phi) is 8.61. The van der Waals surface area contributed by atoms with E-state index in [-0.39, 0.29) is 11.8 Å². The number of nitrogens with one attached hydrogen (secondary N) is 2. The van der Waals surface area contributed by atoms with Crippen molar-refractivity contribution in [1.29, 1.82) is 0 Å². The Bertz CT molecular complexity index is 1950. The molecule has 4 aromatic heterocycles. The number of aromatic amines is 1. The highest BCUT2D eigenvalue weighted by Crippen LogP contribution is 2.37. The first-order chi connectivity index (χ1) is 22.9. The molecule has 1 unspecified atom stereocenters. The summed E-state index contributed by atoms with van der Waals surface area (Å²) in [6.07, 6.45) is 12.2. The SMILES string of the molecule is CCc1cc(-c2n[nH]c3ccc(NC(=O)C4(CC)CCN(CC(=O)N5CC=C(c6ncc(-c7ncccn7)s6)CC5)C4)cc23)ccn1. The first-order valence-electron chi connectivity index (χ1n) is 16.1. The zero-order chi connectivity index (χ0) is 32.4. The van der Waals surface area contributed by atoms with Gasteiger partial charge in [-0.15, -0.1) is 11.3 Å². The number of pyridine rings is 1. The minimum absolute atomic E-state index is 0.00853. The first-order valence-corrected chi connectivity index (χ1v) is 16.9. The molecular weight excluding hydrogens is 611 g/mol. The Balaban J connectivity index is 0.972. The molecule has 240 valence electrons. The molecule has 47 heavy (non-hydrogen) atoms. The summed E-state index contributed by atoms with van der Waals surface area (Å²) in [6, 6.07) is 11.6. The highest BCUT2D eigenvalue weighted by atomic mass is 32.1. The lowest BCUT2D eigenvalue weighted by Gasteiger charge is -2.29. The molecule has 1 atom stereocenters. The summed E-state index contributed by atoms with van der Waals surface area (Å²) in [7, 11) is 0. The molecule has 5 aromatic rings. The van der Waals surface area contributed by atoms with Crippen molar-refractivity contribution in [3.8, 4) is 22.0 Å². The topological polar surface area (TPSA) is 133 Å². The van der Waals surface area contributed by atoms with E-state index in [1.165, 1.54) is 0 Å². The van der Waals surface area contributed by atoms with Crippen molar-refractivity contribution in [2.45, 2.75) is 39.5 Å². The van der Waals surface area contributed by atoms with Crippen molar-refractivity contribution in [3.05, 3.63) is 78.0 Å². The van der Waals surface area contributed by atoms with Crippen LogP contribution in [-0.4, -0.2) is 84.5 Å². The van der Waals surface area contributed by atoms with Crippen LogP contribution >= 0.6 is 11.3 Å². The van der Waals surface area contributed by atoms with Gasteiger partial charge < -0.3 is 10.2 Å². The van der Waals surface area contributed by atoms with Crippen LogP contribution in [0, 0.1) is 5.41 Å². The Morgan fingerprint density at radius 3 is 2.70 bits per heavy atom. The van der Waals surface area contributed by atoms with Crippen LogP contribution in [0.4, 0.5) is 5.69 Å². The molecule has 12 heteroatoms. The predicted molar refractivity (Wildman–Crippen MR) is 183 cm³/mol. The lowest BCUT2D eigenvalue weighted by atomic mass is 9.83. The fourth-order valence-corrected chi connectivity index (χ4v) is 7.39. The number of carbonyl (C=O) groups excluding carboxylic acids is 2. The molecule has 6 heterocycles. The van der Waals surface area contributed by atoms with Gasteiger partial charge in [0.25, 0.3) is 0 Å². The van der Waals surface area contributed by atoms with Gasteiger partial charge in [0.15, 0.2) is 5.82 Å². The van der Waals surface area contributed by atoms with Crippen LogP contribution in [-0.2, 0) is 16.0 Å². The molecule has 2 aliphatic heterocycles. The van der Waals surface area contributed by atoms with Crippen LogP contribution in [0.1, 0.15) is 43.8 Å². The van der Waals surface area contributed by atoms with Crippen LogP contribution in [0.3, 0.4) is 0 Å². The van der Waals surface area contributed by atoms with Crippen molar-refractivity contribution < 1.29 is 9.59 Å². The third-order valence-electron chi connectivity index (χ3n) is 9.35. The maximum Gasteiger partial charge on any atom is 0.237 e. The minimum atomic E-state index is -0.560. The summed E-state index contributed by atoms with van der Waals surface area (Å²) in [6.45, 7) is 6.90. The summed E-state index contributed by atoms with van der Waals surface area (Å²) in [5.41, 5.74) is 5.05. The molecule has 0 spiro atoms. The van der Waals surface area contributed by atoms with E-state index in [0.29, 0.717) is 51.4 Å². The normalized spacial score (nSPS) is 18.4. The number of anilines is 1. The minimum Gasteiger partial charge on any atom is -0.338 e. The number of likely N-dealkylation sites (tertiary alicyclic amines) is 1. The number of aryl methyl sites for hydroxylation is 1. The number of benzene rings is 1. The van der Waals surface area contributed by atoms with Gasteiger partial charge in [-0.2, -0.15) is 5.10 Å². The van der Waals surface area contributed by atoms with E-state index in [1.54, 1.807) is 36.0 Å². The van der Waals surface area contributed by atoms with Crippen LogP contribution < -0.4 is 5.32 Å². The molecule has 1 fully saturated rings. The second-order valence-electron chi connectivity index (χ2n) is 12.2. The number of carbonyl (C=O) groups is 2. The quantitative estimate of drug-likeness (QED) is 0.216. The van der Waals surface area contributed by atoms with E-state index in [9.17, 15) is 9.59 Å². The number of thiazole rings is 1. The standard InChI is InChI=1S/C35H37N9O2S/c1-3-25-18-24(8-14-36-25)31-27-19-26(6-7-28(27)41-42-31)40-34(46)35(4-2)11-17-43(22-35)21-30(45)44-15-9-23(10-16-44)33-39-20-29(47-33)32-37-12-5-13-38-32/h5-9,12-14,18-20H,3-4,10-11,15-17,21-22H2,1-2H3,(H,40,46)(H,41,42). The third-order valence-corrected chi connectivity index (χ3v) is 10.4. The second kappa shape index (κ2) is 13.1. The second-order valence-corrected chi connectivity index (χ2v) is 13.2. The van der Waals surface area contributed by atoms with Crippen LogP contribution in [0.15, 0.2) is 67.3 Å². The molecule has 1 saturated heterocycles. The van der Waals surface area contributed by atoms with Crippen molar-refractivity contribution in [3.63, 3.8) is 0 Å². The van der Waals surface area contributed by atoms with Crippen molar-refractivity contribution in [1.82, 2.24) is 39.9 Å².